The third-order valence-corrected chi connectivity index (χ3v) is 5.89. The largest absolute Gasteiger partial charge is 0.493 e. The number of methoxy groups -OCH3 is 1. The van der Waals surface area contributed by atoms with Crippen molar-refractivity contribution in [3.63, 3.8) is 0 Å². The first kappa shape index (κ1) is 22.0. The van der Waals surface area contributed by atoms with Crippen molar-refractivity contribution < 1.29 is 18.7 Å². The van der Waals surface area contributed by atoms with Gasteiger partial charge < -0.3 is 14.4 Å². The Morgan fingerprint density at radius 3 is 2.47 bits per heavy atom. The van der Waals surface area contributed by atoms with E-state index in [1.807, 2.05) is 12.1 Å². The molecule has 160 valence electrons. The number of likely N-dealkylation sites (N-methyl/N-ethyl adjacent to an activating group) is 1. The Morgan fingerprint density at radius 1 is 1.07 bits per heavy atom. The maximum absolute atomic E-state index is 14.1. The van der Waals surface area contributed by atoms with Crippen molar-refractivity contribution in [2.24, 2.45) is 0 Å². The first-order chi connectivity index (χ1) is 14.6. The first-order valence-corrected chi connectivity index (χ1v) is 10.7. The molecule has 1 aromatic heterocycles. The minimum Gasteiger partial charge on any atom is -0.493 e. The number of anilines is 1. The molecule has 0 unspecified atom stereocenters. The second kappa shape index (κ2) is 10.4. The van der Waals surface area contributed by atoms with E-state index in [0.29, 0.717) is 34.4 Å². The highest BCUT2D eigenvalue weighted by Crippen LogP contribution is 2.31. The zero-order valence-corrected chi connectivity index (χ0v) is 18.2. The Kier molecular flexibility index (Phi) is 7.59. The first-order valence-electron chi connectivity index (χ1n) is 9.90. The molecule has 1 amide bonds. The molecule has 8 heteroatoms. The maximum atomic E-state index is 14.1. The van der Waals surface area contributed by atoms with E-state index in [0.717, 1.165) is 13.1 Å². The predicted molar refractivity (Wildman–Crippen MR) is 118 cm³/mol. The smallest absolute Gasteiger partial charge is 0.266 e. The highest BCUT2D eigenvalue weighted by Gasteiger charge is 2.22. The van der Waals surface area contributed by atoms with E-state index in [9.17, 15) is 9.18 Å². The number of halogens is 1. The second-order valence-electron chi connectivity index (χ2n) is 6.59. The quantitative estimate of drug-likeness (QED) is 0.482. The van der Waals surface area contributed by atoms with Crippen LogP contribution in [-0.4, -0.2) is 55.7 Å². The third-order valence-electron chi connectivity index (χ3n) is 4.84. The number of benzene rings is 2. The van der Waals surface area contributed by atoms with Crippen molar-refractivity contribution >= 4 is 32.6 Å². The van der Waals surface area contributed by atoms with Gasteiger partial charge in [-0.25, -0.2) is 9.37 Å². The fourth-order valence-electron chi connectivity index (χ4n) is 3.08. The van der Waals surface area contributed by atoms with Gasteiger partial charge in [0.05, 0.1) is 11.8 Å². The molecule has 0 atom stereocenters. The van der Waals surface area contributed by atoms with Crippen LogP contribution in [0.2, 0.25) is 0 Å². The number of thiazole rings is 1. The summed E-state index contributed by atoms with van der Waals surface area (Å²) >= 11 is 1.30. The molecule has 0 saturated heterocycles. The van der Waals surface area contributed by atoms with E-state index in [2.05, 4.69) is 23.7 Å². The van der Waals surface area contributed by atoms with E-state index in [1.54, 1.807) is 36.3 Å². The van der Waals surface area contributed by atoms with Crippen molar-refractivity contribution in [1.82, 2.24) is 9.88 Å². The van der Waals surface area contributed by atoms with E-state index in [4.69, 9.17) is 9.47 Å². The summed E-state index contributed by atoms with van der Waals surface area (Å²) in [6, 6.07) is 12.0. The van der Waals surface area contributed by atoms with Gasteiger partial charge in [0, 0.05) is 13.1 Å². The average molecular weight is 432 g/mol. The van der Waals surface area contributed by atoms with Gasteiger partial charge >= 0.3 is 0 Å². The molecule has 30 heavy (non-hydrogen) atoms. The lowest BCUT2D eigenvalue weighted by atomic mass is 10.3. The molecule has 0 aliphatic heterocycles. The molecule has 0 aliphatic carbocycles. The molecule has 0 spiro atoms. The lowest BCUT2D eigenvalue weighted by Gasteiger charge is -2.24. The average Bonchev–Trinajstić information content (AvgIpc) is 3.20. The van der Waals surface area contributed by atoms with Crippen molar-refractivity contribution in [3.8, 4) is 11.5 Å². The summed E-state index contributed by atoms with van der Waals surface area (Å²) in [6.07, 6.45) is 0. The number of fused-ring (bicyclic) bond motifs is 1. The molecular formula is C22H26FN3O3S. The fourth-order valence-corrected chi connectivity index (χ4v) is 4.11. The molecule has 0 saturated carbocycles. The topological polar surface area (TPSA) is 54.9 Å². The van der Waals surface area contributed by atoms with Crippen molar-refractivity contribution in [1.29, 1.82) is 0 Å². The molecule has 6 nitrogen and oxygen atoms in total. The van der Waals surface area contributed by atoms with Gasteiger partial charge in [-0.05, 0) is 37.4 Å². The van der Waals surface area contributed by atoms with Gasteiger partial charge in [-0.15, -0.1) is 0 Å². The van der Waals surface area contributed by atoms with Crippen LogP contribution in [0.25, 0.3) is 10.2 Å². The molecular weight excluding hydrogens is 405 g/mol. The highest BCUT2D eigenvalue weighted by atomic mass is 32.1. The third kappa shape index (κ3) is 5.06. The zero-order valence-electron chi connectivity index (χ0n) is 17.4. The number of nitrogens with zero attached hydrogens (tertiary/aromatic N) is 3. The SMILES string of the molecule is CCN(CC)CCN(C(=O)COc1ccccc1OC)c1nc2c(F)cccc2s1. The van der Waals surface area contributed by atoms with E-state index >= 15 is 0 Å². The number of rotatable bonds is 10. The number of amides is 1. The predicted octanol–water partition coefficient (Wildman–Crippen LogP) is 4.20. The summed E-state index contributed by atoms with van der Waals surface area (Å²) in [5.41, 5.74) is 0.281. The van der Waals surface area contributed by atoms with Crippen molar-refractivity contribution in [3.05, 3.63) is 48.3 Å². The number of para-hydroxylation sites is 3. The van der Waals surface area contributed by atoms with Gasteiger partial charge in [-0.2, -0.15) is 0 Å². The van der Waals surface area contributed by atoms with Crippen LogP contribution in [0.4, 0.5) is 9.52 Å². The van der Waals surface area contributed by atoms with Gasteiger partial charge in [0.2, 0.25) is 0 Å². The maximum Gasteiger partial charge on any atom is 0.266 e. The molecule has 0 radical (unpaired) electrons. The minimum atomic E-state index is -0.392. The molecule has 0 fully saturated rings. The Hall–Kier alpha value is -2.71. The number of hydrogen-bond donors (Lipinski definition) is 0. The van der Waals surface area contributed by atoms with Crippen LogP contribution >= 0.6 is 11.3 Å². The lowest BCUT2D eigenvalue weighted by molar-refractivity contribution is -0.120. The number of aromatic nitrogens is 1. The lowest BCUT2D eigenvalue weighted by Crippen LogP contribution is -2.41. The summed E-state index contributed by atoms with van der Waals surface area (Å²) in [5, 5.41) is 0.468. The number of ether oxygens (including phenoxy) is 2. The monoisotopic (exact) mass is 431 g/mol. The Balaban J connectivity index is 1.82. The van der Waals surface area contributed by atoms with Crippen LogP contribution in [0, 0.1) is 5.82 Å². The van der Waals surface area contributed by atoms with Crippen molar-refractivity contribution in [2.45, 2.75) is 13.8 Å². The van der Waals surface area contributed by atoms with Crippen molar-refractivity contribution in [2.75, 3.05) is 44.8 Å². The molecule has 3 rings (SSSR count). The van der Waals surface area contributed by atoms with Gasteiger partial charge in [0.25, 0.3) is 5.91 Å². The van der Waals surface area contributed by atoms with Gasteiger partial charge in [-0.3, -0.25) is 9.69 Å². The van der Waals surface area contributed by atoms with E-state index in [-0.39, 0.29) is 18.0 Å². The van der Waals surface area contributed by atoms with Crippen LogP contribution < -0.4 is 14.4 Å². The van der Waals surface area contributed by atoms with Gasteiger partial charge in [0.15, 0.2) is 23.2 Å². The Morgan fingerprint density at radius 2 is 1.80 bits per heavy atom. The van der Waals surface area contributed by atoms with Crippen LogP contribution in [-0.2, 0) is 4.79 Å². The fraction of sp³-hybridized carbons (Fsp3) is 0.364. The Bertz CT molecular complexity index is 991. The number of carbonyl (C=O) groups is 1. The molecule has 1 heterocycles. The van der Waals surface area contributed by atoms with Gasteiger partial charge in [-0.1, -0.05) is 43.4 Å². The molecule has 0 bridgehead atoms. The molecule has 3 aromatic rings. The summed E-state index contributed by atoms with van der Waals surface area (Å²) in [7, 11) is 1.55. The summed E-state index contributed by atoms with van der Waals surface area (Å²) in [6.45, 7) is 6.87. The molecule has 2 aromatic carbocycles. The van der Waals surface area contributed by atoms with Crippen LogP contribution in [0.15, 0.2) is 42.5 Å². The number of hydrogen-bond acceptors (Lipinski definition) is 6. The number of carbonyl (C=O) groups excluding carboxylic acids is 1. The summed E-state index contributed by atoms with van der Waals surface area (Å²) in [4.78, 5) is 21.3. The van der Waals surface area contributed by atoms with Crippen LogP contribution in [0.3, 0.4) is 0 Å². The summed E-state index contributed by atoms with van der Waals surface area (Å²) < 4.78 is 25.8. The van der Waals surface area contributed by atoms with Crippen LogP contribution in [0.5, 0.6) is 11.5 Å². The zero-order chi connectivity index (χ0) is 21.5. The Labute approximate surface area is 179 Å². The van der Waals surface area contributed by atoms with E-state index in [1.165, 1.54) is 17.4 Å². The van der Waals surface area contributed by atoms with E-state index < -0.39 is 5.82 Å². The minimum absolute atomic E-state index is 0.170. The normalized spacial score (nSPS) is 11.1. The standard InChI is InChI=1S/C22H26FN3O3S/c1-4-25(5-2)13-14-26(22-24-21-16(23)9-8-12-19(21)30-22)20(27)15-29-18-11-7-6-10-17(18)28-3/h6-12H,4-5,13-15H2,1-3H3. The molecule has 0 aliphatic rings. The summed E-state index contributed by atoms with van der Waals surface area (Å²) in [5.74, 6) is 0.415. The van der Waals surface area contributed by atoms with Crippen LogP contribution in [0.1, 0.15) is 13.8 Å². The van der Waals surface area contributed by atoms with Gasteiger partial charge in [0.1, 0.15) is 11.3 Å². The molecule has 0 N–H and O–H groups in total. The highest BCUT2D eigenvalue weighted by molar-refractivity contribution is 7.22. The second-order valence-corrected chi connectivity index (χ2v) is 7.60.